The molecule has 1 aromatic heterocycles. The van der Waals surface area contributed by atoms with Crippen LogP contribution in [0.5, 0.6) is 5.75 Å². The molecule has 4 nitrogen and oxygen atoms in total. The van der Waals surface area contributed by atoms with Gasteiger partial charge >= 0.3 is 0 Å². The first kappa shape index (κ1) is 17.8. The van der Waals surface area contributed by atoms with E-state index in [0.29, 0.717) is 5.92 Å². The number of aromatic amines is 1. The molecule has 2 saturated heterocycles. The highest BCUT2D eigenvalue weighted by atomic mass is 16.5. The molecule has 2 aliphatic heterocycles. The Bertz CT molecular complexity index is 949. The second-order valence-electron chi connectivity index (χ2n) is 8.19. The number of likely N-dealkylation sites (tertiary alicyclic amines) is 1. The quantitative estimate of drug-likeness (QED) is 0.711. The molecule has 2 aromatic carbocycles. The fourth-order valence-electron chi connectivity index (χ4n) is 4.97. The van der Waals surface area contributed by atoms with Crippen LogP contribution in [0, 0.1) is 0 Å². The summed E-state index contributed by atoms with van der Waals surface area (Å²) in [5.74, 6) is 1.59. The molecule has 0 aliphatic carbocycles. The van der Waals surface area contributed by atoms with Crippen molar-refractivity contribution in [3.05, 3.63) is 54.1 Å². The van der Waals surface area contributed by atoms with Gasteiger partial charge < -0.3 is 15.0 Å². The fraction of sp³-hybridized carbons (Fsp3) is 0.417. The van der Waals surface area contributed by atoms with Crippen LogP contribution in [0.25, 0.3) is 22.2 Å². The molecule has 146 valence electrons. The van der Waals surface area contributed by atoms with Crippen LogP contribution >= 0.6 is 0 Å². The van der Waals surface area contributed by atoms with Crippen molar-refractivity contribution in [1.29, 1.82) is 0 Å². The van der Waals surface area contributed by atoms with Crippen molar-refractivity contribution < 1.29 is 4.74 Å². The molecule has 3 aromatic rings. The fourth-order valence-corrected chi connectivity index (χ4v) is 4.97. The second-order valence-corrected chi connectivity index (χ2v) is 8.19. The lowest BCUT2D eigenvalue weighted by molar-refractivity contribution is 0.161. The molecule has 2 fully saturated rings. The predicted octanol–water partition coefficient (Wildman–Crippen LogP) is 4.38. The summed E-state index contributed by atoms with van der Waals surface area (Å²) in [7, 11) is 1.73. The molecule has 5 rings (SSSR count). The molecule has 0 spiro atoms. The summed E-state index contributed by atoms with van der Waals surface area (Å²) in [4.78, 5) is 6.27. The molecule has 2 aliphatic rings. The number of hydrogen-bond acceptors (Lipinski definition) is 3. The number of ether oxygens (including phenoxy) is 1. The van der Waals surface area contributed by atoms with Crippen molar-refractivity contribution in [3.8, 4) is 17.0 Å². The van der Waals surface area contributed by atoms with Gasteiger partial charge in [-0.15, -0.1) is 0 Å². The molecule has 1 unspecified atom stereocenters. The van der Waals surface area contributed by atoms with E-state index >= 15 is 0 Å². The Labute approximate surface area is 166 Å². The zero-order chi connectivity index (χ0) is 18.9. The lowest BCUT2D eigenvalue weighted by atomic mass is 9.88. The van der Waals surface area contributed by atoms with Gasteiger partial charge in [0.05, 0.1) is 12.8 Å². The van der Waals surface area contributed by atoms with E-state index in [2.05, 4.69) is 51.6 Å². The van der Waals surface area contributed by atoms with Crippen molar-refractivity contribution in [3.63, 3.8) is 0 Å². The zero-order valence-electron chi connectivity index (χ0n) is 16.6. The molecule has 28 heavy (non-hydrogen) atoms. The number of hydrogen-bond donors (Lipinski definition) is 2. The third kappa shape index (κ3) is 3.31. The lowest BCUT2D eigenvalue weighted by Crippen LogP contribution is -2.42. The molecule has 0 bridgehead atoms. The van der Waals surface area contributed by atoms with Crippen LogP contribution in [0.4, 0.5) is 0 Å². The molecular weight excluding hydrogens is 346 g/mol. The largest absolute Gasteiger partial charge is 0.496 e. The summed E-state index contributed by atoms with van der Waals surface area (Å²) in [5.41, 5.74) is 4.91. The van der Waals surface area contributed by atoms with Gasteiger partial charge in [0.1, 0.15) is 5.75 Å². The molecule has 0 amide bonds. The van der Waals surface area contributed by atoms with E-state index in [4.69, 9.17) is 4.74 Å². The zero-order valence-corrected chi connectivity index (χ0v) is 16.6. The van der Waals surface area contributed by atoms with Gasteiger partial charge in [0.15, 0.2) is 0 Å². The Hall–Kier alpha value is -2.30. The summed E-state index contributed by atoms with van der Waals surface area (Å²) < 4.78 is 5.54. The predicted molar refractivity (Wildman–Crippen MR) is 115 cm³/mol. The van der Waals surface area contributed by atoms with E-state index in [-0.39, 0.29) is 0 Å². The maximum Gasteiger partial charge on any atom is 0.128 e. The number of benzene rings is 2. The van der Waals surface area contributed by atoms with E-state index in [1.807, 2.05) is 12.1 Å². The molecule has 1 atom stereocenters. The number of methoxy groups -OCH3 is 1. The van der Waals surface area contributed by atoms with Crippen molar-refractivity contribution in [2.75, 3.05) is 33.3 Å². The van der Waals surface area contributed by atoms with E-state index < -0.39 is 0 Å². The molecule has 3 heterocycles. The monoisotopic (exact) mass is 375 g/mol. The lowest BCUT2D eigenvalue weighted by Gasteiger charge is -2.35. The second kappa shape index (κ2) is 7.61. The van der Waals surface area contributed by atoms with Crippen molar-refractivity contribution >= 4 is 10.9 Å². The van der Waals surface area contributed by atoms with Gasteiger partial charge in [0.25, 0.3) is 0 Å². The smallest absolute Gasteiger partial charge is 0.128 e. The van der Waals surface area contributed by atoms with Gasteiger partial charge in [-0.1, -0.05) is 18.2 Å². The Morgan fingerprint density at radius 3 is 2.64 bits per heavy atom. The van der Waals surface area contributed by atoms with Gasteiger partial charge in [0, 0.05) is 29.1 Å². The van der Waals surface area contributed by atoms with Crippen LogP contribution in [0.3, 0.4) is 0 Å². The summed E-state index contributed by atoms with van der Waals surface area (Å²) in [6.07, 6.45) is 3.85. The molecule has 0 radical (unpaired) electrons. The number of fused-ring (bicyclic) bond motifs is 1. The number of H-pyrrole nitrogens is 1. The van der Waals surface area contributed by atoms with Crippen LogP contribution in [0.2, 0.25) is 0 Å². The maximum absolute atomic E-state index is 5.54. The number of piperidine rings is 1. The number of aromatic nitrogens is 1. The Balaban J connectivity index is 1.35. The van der Waals surface area contributed by atoms with Gasteiger partial charge in [-0.2, -0.15) is 0 Å². The van der Waals surface area contributed by atoms with E-state index in [9.17, 15) is 0 Å². The number of para-hydroxylation sites is 1. The standard InChI is InChI=1S/C24H29N3O/c1-28-24-5-3-2-4-21(24)23-15-19-14-18(6-7-22(19)26-23)17-9-12-27(13-10-17)20-8-11-25-16-20/h2-7,14-15,17,20,25-26H,8-13,16H2,1H3. The van der Waals surface area contributed by atoms with Crippen LogP contribution < -0.4 is 10.1 Å². The molecule has 2 N–H and O–H groups in total. The number of rotatable bonds is 4. The van der Waals surface area contributed by atoms with E-state index in [0.717, 1.165) is 23.0 Å². The van der Waals surface area contributed by atoms with Gasteiger partial charge in [-0.05, 0) is 80.7 Å². The normalized spacial score (nSPS) is 21.4. The van der Waals surface area contributed by atoms with Gasteiger partial charge in [-0.3, -0.25) is 4.90 Å². The van der Waals surface area contributed by atoms with Crippen molar-refractivity contribution in [2.45, 2.75) is 31.2 Å². The highest BCUT2D eigenvalue weighted by Gasteiger charge is 2.27. The minimum Gasteiger partial charge on any atom is -0.496 e. The SMILES string of the molecule is COc1ccccc1-c1cc2cc(C3CCN(C4CCNC4)CC3)ccc2[nH]1. The van der Waals surface area contributed by atoms with E-state index in [1.54, 1.807) is 7.11 Å². The number of nitrogens with one attached hydrogen (secondary N) is 2. The Morgan fingerprint density at radius 1 is 1.00 bits per heavy atom. The third-order valence-electron chi connectivity index (χ3n) is 6.59. The van der Waals surface area contributed by atoms with Crippen LogP contribution in [0.15, 0.2) is 48.5 Å². The third-order valence-corrected chi connectivity index (χ3v) is 6.59. The van der Waals surface area contributed by atoms with Crippen LogP contribution in [-0.2, 0) is 0 Å². The molecule has 4 heteroatoms. The summed E-state index contributed by atoms with van der Waals surface area (Å²) in [5, 5.41) is 4.79. The summed E-state index contributed by atoms with van der Waals surface area (Å²) >= 11 is 0. The van der Waals surface area contributed by atoms with Crippen molar-refractivity contribution in [1.82, 2.24) is 15.2 Å². The average molecular weight is 376 g/mol. The Morgan fingerprint density at radius 2 is 1.86 bits per heavy atom. The van der Waals surface area contributed by atoms with Crippen molar-refractivity contribution in [2.24, 2.45) is 0 Å². The average Bonchev–Trinajstić information content (AvgIpc) is 3.43. The Kier molecular flexibility index (Phi) is 4.83. The minimum atomic E-state index is 0.680. The van der Waals surface area contributed by atoms with Gasteiger partial charge in [-0.25, -0.2) is 0 Å². The van der Waals surface area contributed by atoms with E-state index in [1.165, 1.54) is 61.9 Å². The first-order valence-corrected chi connectivity index (χ1v) is 10.5. The highest BCUT2D eigenvalue weighted by Crippen LogP contribution is 2.34. The molecular formula is C24H29N3O. The first-order chi connectivity index (χ1) is 13.8. The number of nitrogens with zero attached hydrogens (tertiary/aromatic N) is 1. The van der Waals surface area contributed by atoms with Crippen LogP contribution in [-0.4, -0.2) is 49.2 Å². The summed E-state index contributed by atoms with van der Waals surface area (Å²) in [6, 6.07) is 18.2. The maximum atomic E-state index is 5.54. The molecule has 0 saturated carbocycles. The van der Waals surface area contributed by atoms with Gasteiger partial charge in [0.2, 0.25) is 0 Å². The minimum absolute atomic E-state index is 0.680. The highest BCUT2D eigenvalue weighted by molar-refractivity contribution is 5.87. The van der Waals surface area contributed by atoms with Crippen LogP contribution in [0.1, 0.15) is 30.7 Å². The summed E-state index contributed by atoms with van der Waals surface area (Å²) in [6.45, 7) is 4.82. The topological polar surface area (TPSA) is 40.3 Å². The first-order valence-electron chi connectivity index (χ1n) is 10.5.